The number of hydrogen-bond acceptors (Lipinski definition) is 7. The molecule has 0 aliphatic heterocycles. The number of aromatic nitrogens is 2. The molecule has 1 aromatic heterocycles. The number of hydrogen-bond donors (Lipinski definition) is 0. The molecule has 1 atom stereocenters. The summed E-state index contributed by atoms with van der Waals surface area (Å²) in [6, 6.07) is 10.6. The van der Waals surface area contributed by atoms with Crippen molar-refractivity contribution >= 4 is 39.0 Å². The molecule has 0 bridgehead atoms. The molecular weight excluding hydrogens is 478 g/mol. The number of para-hydroxylation sites is 1. The molecule has 8 nitrogen and oxygen atoms in total. The van der Waals surface area contributed by atoms with E-state index in [9.17, 15) is 9.59 Å². The number of ether oxygens (including phenoxy) is 3. The van der Waals surface area contributed by atoms with Crippen molar-refractivity contribution < 1.29 is 19.0 Å². The largest absolute Gasteiger partial charge is 0.493 e. The summed E-state index contributed by atoms with van der Waals surface area (Å²) >= 11 is 3.40. The lowest BCUT2D eigenvalue weighted by Gasteiger charge is -2.17. The quantitative estimate of drug-likeness (QED) is 0.342. The second kappa shape index (κ2) is 10.4. The van der Waals surface area contributed by atoms with Gasteiger partial charge in [0.05, 0.1) is 31.3 Å². The number of fused-ring (bicyclic) bond motifs is 1. The minimum Gasteiger partial charge on any atom is -0.493 e. The minimum atomic E-state index is -0.860. The predicted octanol–water partition coefficient (Wildman–Crippen LogP) is 3.94. The molecule has 0 amide bonds. The number of rotatable bonds is 8. The van der Waals surface area contributed by atoms with Gasteiger partial charge in [-0.05, 0) is 43.7 Å². The Morgan fingerprint density at radius 3 is 2.75 bits per heavy atom. The Balaban J connectivity index is 2.11. The highest BCUT2D eigenvalue weighted by Gasteiger charge is 2.19. The SMILES string of the molecule is CCCc1nc2ccc(Br)cc2c(=O)n1N=Cc1cccc(OC)c1O[C@@H](C)C(=O)OC. The fraction of sp³-hybridized carbons (Fsp3) is 0.304. The first kappa shape index (κ1) is 23.5. The zero-order valence-electron chi connectivity index (χ0n) is 18.3. The molecule has 0 unspecified atom stereocenters. The first-order valence-corrected chi connectivity index (χ1v) is 10.9. The fourth-order valence-corrected chi connectivity index (χ4v) is 3.49. The summed E-state index contributed by atoms with van der Waals surface area (Å²) in [5.74, 6) is 0.769. The second-order valence-corrected chi connectivity index (χ2v) is 7.88. The molecule has 1 heterocycles. The highest BCUT2D eigenvalue weighted by molar-refractivity contribution is 9.10. The Bertz CT molecular complexity index is 1220. The van der Waals surface area contributed by atoms with Crippen LogP contribution in [0.2, 0.25) is 0 Å². The zero-order valence-corrected chi connectivity index (χ0v) is 19.9. The molecule has 3 rings (SSSR count). The molecule has 32 heavy (non-hydrogen) atoms. The second-order valence-electron chi connectivity index (χ2n) is 6.96. The Morgan fingerprint density at radius 1 is 1.28 bits per heavy atom. The number of esters is 1. The average molecular weight is 502 g/mol. The third kappa shape index (κ3) is 4.99. The van der Waals surface area contributed by atoms with Gasteiger partial charge in [-0.2, -0.15) is 9.78 Å². The van der Waals surface area contributed by atoms with E-state index in [0.717, 1.165) is 10.9 Å². The predicted molar refractivity (Wildman–Crippen MR) is 126 cm³/mol. The zero-order chi connectivity index (χ0) is 23.3. The van der Waals surface area contributed by atoms with E-state index in [1.807, 2.05) is 13.0 Å². The van der Waals surface area contributed by atoms with Crippen molar-refractivity contribution in [3.63, 3.8) is 0 Å². The smallest absolute Gasteiger partial charge is 0.346 e. The Labute approximate surface area is 194 Å². The summed E-state index contributed by atoms with van der Waals surface area (Å²) < 4.78 is 18.0. The van der Waals surface area contributed by atoms with Gasteiger partial charge in [-0.25, -0.2) is 9.78 Å². The molecule has 0 fully saturated rings. The van der Waals surface area contributed by atoms with Gasteiger partial charge < -0.3 is 14.2 Å². The highest BCUT2D eigenvalue weighted by atomic mass is 79.9. The van der Waals surface area contributed by atoms with E-state index in [4.69, 9.17) is 14.2 Å². The lowest BCUT2D eigenvalue weighted by Crippen LogP contribution is -2.25. The summed E-state index contributed by atoms with van der Waals surface area (Å²) in [7, 11) is 2.79. The number of carbonyl (C=O) groups excluding carboxylic acids is 1. The van der Waals surface area contributed by atoms with Crippen LogP contribution in [0.15, 0.2) is 50.8 Å². The van der Waals surface area contributed by atoms with Crippen molar-refractivity contribution in [3.8, 4) is 11.5 Å². The average Bonchev–Trinajstić information content (AvgIpc) is 2.79. The summed E-state index contributed by atoms with van der Waals surface area (Å²) in [6.45, 7) is 3.59. The molecule has 0 aliphatic carbocycles. The van der Waals surface area contributed by atoms with Crippen LogP contribution in [-0.2, 0) is 16.0 Å². The van der Waals surface area contributed by atoms with Crippen molar-refractivity contribution in [1.29, 1.82) is 0 Å². The lowest BCUT2D eigenvalue weighted by atomic mass is 10.2. The van der Waals surface area contributed by atoms with Crippen LogP contribution in [-0.4, -0.2) is 42.2 Å². The van der Waals surface area contributed by atoms with Crippen LogP contribution in [0.1, 0.15) is 31.7 Å². The van der Waals surface area contributed by atoms with Crippen molar-refractivity contribution in [3.05, 3.63) is 62.6 Å². The van der Waals surface area contributed by atoms with E-state index in [1.165, 1.54) is 25.1 Å². The third-order valence-electron chi connectivity index (χ3n) is 4.72. The van der Waals surface area contributed by atoms with Gasteiger partial charge in [0, 0.05) is 16.5 Å². The van der Waals surface area contributed by atoms with E-state index in [2.05, 4.69) is 26.0 Å². The van der Waals surface area contributed by atoms with Crippen LogP contribution in [0.3, 0.4) is 0 Å². The van der Waals surface area contributed by atoms with Crippen LogP contribution in [0.5, 0.6) is 11.5 Å². The van der Waals surface area contributed by atoms with Gasteiger partial charge in [0.1, 0.15) is 5.82 Å². The van der Waals surface area contributed by atoms with E-state index in [-0.39, 0.29) is 5.56 Å². The number of halogens is 1. The number of carbonyl (C=O) groups is 1. The first-order valence-electron chi connectivity index (χ1n) is 10.1. The molecule has 2 aromatic carbocycles. The molecule has 0 N–H and O–H groups in total. The molecule has 168 valence electrons. The van der Waals surface area contributed by atoms with Crippen LogP contribution >= 0.6 is 15.9 Å². The normalized spacial score (nSPS) is 12.2. The first-order chi connectivity index (χ1) is 15.4. The standard InChI is InChI=1S/C23H24BrN3O5/c1-5-7-20-26-18-11-10-16(24)12-17(18)22(28)27(20)25-13-15-8-6-9-19(30-3)21(15)32-14(2)23(29)31-4/h6,8-14H,5,7H2,1-4H3/t14-/m0/s1. The molecule has 9 heteroatoms. The Morgan fingerprint density at radius 2 is 2.06 bits per heavy atom. The van der Waals surface area contributed by atoms with Gasteiger partial charge in [0.15, 0.2) is 17.6 Å². The van der Waals surface area contributed by atoms with Crippen molar-refractivity contribution in [2.24, 2.45) is 5.10 Å². The van der Waals surface area contributed by atoms with Gasteiger partial charge in [0.2, 0.25) is 0 Å². The van der Waals surface area contributed by atoms with Gasteiger partial charge >= 0.3 is 5.97 Å². The summed E-state index contributed by atoms with van der Waals surface area (Å²) in [5, 5.41) is 4.89. The van der Waals surface area contributed by atoms with Gasteiger partial charge in [-0.1, -0.05) is 28.9 Å². The molecule has 3 aromatic rings. The van der Waals surface area contributed by atoms with Crippen molar-refractivity contribution in [2.75, 3.05) is 14.2 Å². The van der Waals surface area contributed by atoms with Gasteiger partial charge in [-0.15, -0.1) is 0 Å². The van der Waals surface area contributed by atoms with Crippen molar-refractivity contribution in [1.82, 2.24) is 9.66 Å². The molecule has 0 saturated carbocycles. The maximum absolute atomic E-state index is 13.2. The monoisotopic (exact) mass is 501 g/mol. The molecule has 0 radical (unpaired) electrons. The highest BCUT2D eigenvalue weighted by Crippen LogP contribution is 2.31. The van der Waals surface area contributed by atoms with E-state index in [0.29, 0.717) is 40.2 Å². The fourth-order valence-electron chi connectivity index (χ4n) is 3.13. The van der Waals surface area contributed by atoms with Gasteiger partial charge in [0.25, 0.3) is 5.56 Å². The number of benzene rings is 2. The lowest BCUT2D eigenvalue weighted by molar-refractivity contribution is -0.147. The van der Waals surface area contributed by atoms with E-state index in [1.54, 1.807) is 37.3 Å². The molecule has 0 spiro atoms. The van der Waals surface area contributed by atoms with Crippen LogP contribution < -0.4 is 15.0 Å². The van der Waals surface area contributed by atoms with E-state index < -0.39 is 12.1 Å². The Hall–Kier alpha value is -3.20. The van der Waals surface area contributed by atoms with Crippen LogP contribution in [0.25, 0.3) is 10.9 Å². The maximum Gasteiger partial charge on any atom is 0.346 e. The van der Waals surface area contributed by atoms with E-state index >= 15 is 0 Å². The Kier molecular flexibility index (Phi) is 7.63. The molecular formula is C23H24BrN3O5. The van der Waals surface area contributed by atoms with Crippen molar-refractivity contribution in [2.45, 2.75) is 32.8 Å². The molecule has 0 aliphatic rings. The number of methoxy groups -OCH3 is 2. The topological polar surface area (TPSA) is 92.0 Å². The van der Waals surface area contributed by atoms with Gasteiger partial charge in [-0.3, -0.25) is 4.79 Å². The number of aryl methyl sites for hydroxylation is 1. The summed E-state index contributed by atoms with van der Waals surface area (Å²) in [4.78, 5) is 29.7. The van der Waals surface area contributed by atoms with Crippen LogP contribution in [0.4, 0.5) is 0 Å². The summed E-state index contributed by atoms with van der Waals surface area (Å²) in [6.07, 6.45) is 2.02. The maximum atomic E-state index is 13.2. The molecule has 0 saturated heterocycles. The third-order valence-corrected chi connectivity index (χ3v) is 5.21. The minimum absolute atomic E-state index is 0.274. The number of nitrogens with zero attached hydrogens (tertiary/aromatic N) is 3. The summed E-state index contributed by atoms with van der Waals surface area (Å²) in [5.41, 5.74) is 0.874. The van der Waals surface area contributed by atoms with Crippen LogP contribution in [0, 0.1) is 0 Å².